The van der Waals surface area contributed by atoms with Gasteiger partial charge in [-0.2, -0.15) is 0 Å². The smallest absolute Gasteiger partial charge is 0.305 e. The molecule has 0 aliphatic carbocycles. The molecule has 0 bridgehead atoms. The summed E-state index contributed by atoms with van der Waals surface area (Å²) in [6.07, 6.45) is 2.36. The number of carbonyl (C=O) groups is 1. The predicted molar refractivity (Wildman–Crippen MR) is 78.0 cm³/mol. The minimum atomic E-state index is -0.106. The number of esters is 1. The van der Waals surface area contributed by atoms with Gasteiger partial charge in [-0.05, 0) is 37.9 Å². The van der Waals surface area contributed by atoms with Crippen LogP contribution in [0.1, 0.15) is 37.7 Å². The summed E-state index contributed by atoms with van der Waals surface area (Å²) in [4.78, 5) is 11.2. The molecule has 0 saturated carbocycles. The van der Waals surface area contributed by atoms with Crippen molar-refractivity contribution >= 4 is 5.97 Å². The summed E-state index contributed by atoms with van der Waals surface area (Å²) in [6, 6.07) is 8.23. The highest BCUT2D eigenvalue weighted by molar-refractivity contribution is 5.69. The van der Waals surface area contributed by atoms with Gasteiger partial charge < -0.3 is 14.8 Å². The monoisotopic (exact) mass is 277 g/mol. The number of fused-ring (bicyclic) bond motifs is 1. The first kappa shape index (κ1) is 14.9. The number of hydrogen-bond acceptors (Lipinski definition) is 4. The molecule has 110 valence electrons. The Morgan fingerprint density at radius 1 is 1.45 bits per heavy atom. The number of carbonyl (C=O) groups excluding carboxylic acids is 1. The second-order valence-electron chi connectivity index (χ2n) is 4.98. The molecule has 1 aromatic rings. The van der Waals surface area contributed by atoms with Gasteiger partial charge in [-0.15, -0.1) is 0 Å². The fourth-order valence-electron chi connectivity index (χ4n) is 2.50. The van der Waals surface area contributed by atoms with E-state index in [1.807, 2.05) is 19.1 Å². The third kappa shape index (κ3) is 4.23. The first-order valence-electron chi connectivity index (χ1n) is 7.39. The lowest BCUT2D eigenvalue weighted by Gasteiger charge is -2.26. The number of nitrogens with one attached hydrogen (secondary N) is 1. The van der Waals surface area contributed by atoms with E-state index in [2.05, 4.69) is 17.4 Å². The molecule has 1 heterocycles. The van der Waals surface area contributed by atoms with Crippen molar-refractivity contribution in [1.29, 1.82) is 0 Å². The normalized spacial score (nSPS) is 17.1. The lowest BCUT2D eigenvalue weighted by Crippen LogP contribution is -2.27. The third-order valence-electron chi connectivity index (χ3n) is 3.51. The summed E-state index contributed by atoms with van der Waals surface area (Å²) in [5.41, 5.74) is 1.29. The van der Waals surface area contributed by atoms with E-state index in [9.17, 15) is 4.79 Å². The van der Waals surface area contributed by atoms with Gasteiger partial charge in [-0.1, -0.05) is 18.2 Å². The van der Waals surface area contributed by atoms with E-state index in [1.165, 1.54) is 5.56 Å². The molecular formula is C16H23NO3. The van der Waals surface area contributed by atoms with Crippen LogP contribution in [-0.2, 0) is 9.53 Å². The van der Waals surface area contributed by atoms with Gasteiger partial charge in [0.1, 0.15) is 5.75 Å². The van der Waals surface area contributed by atoms with Crippen molar-refractivity contribution in [2.24, 2.45) is 0 Å². The fraction of sp³-hybridized carbons (Fsp3) is 0.562. The number of hydrogen-bond donors (Lipinski definition) is 1. The Balaban J connectivity index is 1.69. The first-order chi connectivity index (χ1) is 9.81. The Labute approximate surface area is 120 Å². The van der Waals surface area contributed by atoms with Crippen LogP contribution < -0.4 is 10.1 Å². The summed E-state index contributed by atoms with van der Waals surface area (Å²) in [5, 5.41) is 3.43. The zero-order valence-corrected chi connectivity index (χ0v) is 12.1. The van der Waals surface area contributed by atoms with Crippen molar-refractivity contribution in [3.8, 4) is 5.75 Å². The molecule has 1 unspecified atom stereocenters. The second kappa shape index (κ2) is 7.90. The Bertz CT molecular complexity index is 433. The minimum Gasteiger partial charge on any atom is -0.493 e. The SMILES string of the molecule is CCOC(=O)CCCNCC1CCOc2ccccc21. The second-order valence-corrected chi connectivity index (χ2v) is 4.98. The highest BCUT2D eigenvalue weighted by atomic mass is 16.5. The van der Waals surface area contributed by atoms with Gasteiger partial charge in [-0.3, -0.25) is 4.79 Å². The molecule has 1 N–H and O–H groups in total. The van der Waals surface area contributed by atoms with Crippen LogP contribution in [0.2, 0.25) is 0 Å². The Morgan fingerprint density at radius 2 is 2.30 bits per heavy atom. The molecule has 4 heteroatoms. The molecular weight excluding hydrogens is 254 g/mol. The molecule has 2 rings (SSSR count). The van der Waals surface area contributed by atoms with Gasteiger partial charge in [-0.25, -0.2) is 0 Å². The molecule has 0 spiro atoms. The molecule has 0 radical (unpaired) electrons. The maximum atomic E-state index is 11.2. The summed E-state index contributed by atoms with van der Waals surface area (Å²) in [7, 11) is 0. The summed E-state index contributed by atoms with van der Waals surface area (Å²) in [5.74, 6) is 1.41. The number of benzene rings is 1. The van der Waals surface area contributed by atoms with E-state index >= 15 is 0 Å². The highest BCUT2D eigenvalue weighted by Gasteiger charge is 2.20. The standard InChI is InChI=1S/C16H23NO3/c1-2-19-16(18)8-5-10-17-12-13-9-11-20-15-7-4-3-6-14(13)15/h3-4,6-7,13,17H,2,5,8-12H2,1H3. The summed E-state index contributed by atoms with van der Waals surface area (Å²) >= 11 is 0. The summed E-state index contributed by atoms with van der Waals surface area (Å²) < 4.78 is 10.6. The van der Waals surface area contributed by atoms with Crippen molar-refractivity contribution in [3.05, 3.63) is 29.8 Å². The quantitative estimate of drug-likeness (QED) is 0.614. The Morgan fingerprint density at radius 3 is 3.15 bits per heavy atom. The van der Waals surface area contributed by atoms with E-state index in [0.29, 0.717) is 18.9 Å². The molecule has 1 atom stereocenters. The predicted octanol–water partition coefficient (Wildman–Crippen LogP) is 2.49. The molecule has 0 saturated heterocycles. The van der Waals surface area contributed by atoms with E-state index in [-0.39, 0.29) is 5.97 Å². The van der Waals surface area contributed by atoms with Crippen LogP contribution in [0.3, 0.4) is 0 Å². The molecule has 1 aliphatic rings. The van der Waals surface area contributed by atoms with Crippen LogP contribution in [0.25, 0.3) is 0 Å². The van der Waals surface area contributed by atoms with Crippen LogP contribution >= 0.6 is 0 Å². The molecule has 0 fully saturated rings. The van der Waals surface area contributed by atoms with Crippen molar-refractivity contribution in [2.75, 3.05) is 26.3 Å². The molecule has 4 nitrogen and oxygen atoms in total. The molecule has 0 amide bonds. The molecule has 1 aliphatic heterocycles. The van der Waals surface area contributed by atoms with E-state index < -0.39 is 0 Å². The van der Waals surface area contributed by atoms with Gasteiger partial charge in [0.2, 0.25) is 0 Å². The Hall–Kier alpha value is -1.55. The van der Waals surface area contributed by atoms with E-state index in [0.717, 1.165) is 38.3 Å². The average molecular weight is 277 g/mol. The average Bonchev–Trinajstić information content (AvgIpc) is 2.47. The van der Waals surface area contributed by atoms with Gasteiger partial charge in [0.25, 0.3) is 0 Å². The maximum Gasteiger partial charge on any atom is 0.305 e. The highest BCUT2D eigenvalue weighted by Crippen LogP contribution is 2.32. The minimum absolute atomic E-state index is 0.106. The van der Waals surface area contributed by atoms with Crippen LogP contribution in [-0.4, -0.2) is 32.3 Å². The number of rotatable bonds is 7. The van der Waals surface area contributed by atoms with E-state index in [4.69, 9.17) is 9.47 Å². The Kier molecular flexibility index (Phi) is 5.87. The van der Waals surface area contributed by atoms with Crippen molar-refractivity contribution < 1.29 is 14.3 Å². The van der Waals surface area contributed by atoms with E-state index in [1.54, 1.807) is 0 Å². The number of para-hydroxylation sites is 1. The molecule has 0 aromatic heterocycles. The zero-order chi connectivity index (χ0) is 14.2. The fourth-order valence-corrected chi connectivity index (χ4v) is 2.50. The third-order valence-corrected chi connectivity index (χ3v) is 3.51. The van der Waals surface area contributed by atoms with Crippen molar-refractivity contribution in [3.63, 3.8) is 0 Å². The molecule has 1 aromatic carbocycles. The molecule has 20 heavy (non-hydrogen) atoms. The van der Waals surface area contributed by atoms with Crippen LogP contribution in [0.4, 0.5) is 0 Å². The van der Waals surface area contributed by atoms with Gasteiger partial charge in [0, 0.05) is 18.9 Å². The van der Waals surface area contributed by atoms with Crippen LogP contribution in [0, 0.1) is 0 Å². The van der Waals surface area contributed by atoms with Gasteiger partial charge in [0.15, 0.2) is 0 Å². The first-order valence-corrected chi connectivity index (χ1v) is 7.39. The van der Waals surface area contributed by atoms with Crippen LogP contribution in [0.5, 0.6) is 5.75 Å². The van der Waals surface area contributed by atoms with Crippen molar-refractivity contribution in [2.45, 2.75) is 32.1 Å². The zero-order valence-electron chi connectivity index (χ0n) is 12.1. The lowest BCUT2D eigenvalue weighted by molar-refractivity contribution is -0.143. The van der Waals surface area contributed by atoms with Gasteiger partial charge in [0.05, 0.1) is 13.2 Å². The van der Waals surface area contributed by atoms with Crippen LogP contribution in [0.15, 0.2) is 24.3 Å². The summed E-state index contributed by atoms with van der Waals surface area (Å²) in [6.45, 7) is 4.86. The van der Waals surface area contributed by atoms with Gasteiger partial charge >= 0.3 is 5.97 Å². The lowest BCUT2D eigenvalue weighted by atomic mass is 9.93. The largest absolute Gasteiger partial charge is 0.493 e. The number of ether oxygens (including phenoxy) is 2. The maximum absolute atomic E-state index is 11.2. The topological polar surface area (TPSA) is 47.6 Å². The van der Waals surface area contributed by atoms with Crippen molar-refractivity contribution in [1.82, 2.24) is 5.32 Å².